The Kier molecular flexibility index (Phi) is 4.83. The van der Waals surface area contributed by atoms with Crippen LogP contribution in [0.4, 0.5) is 0 Å². The van der Waals surface area contributed by atoms with Crippen LogP contribution in [0.3, 0.4) is 0 Å². The molecule has 0 amide bonds. The molecule has 3 aromatic heterocycles. The summed E-state index contributed by atoms with van der Waals surface area (Å²) in [6, 6.07) is 16.9. The lowest BCUT2D eigenvalue weighted by Crippen LogP contribution is -2.24. The molecule has 0 spiro atoms. The highest BCUT2D eigenvalue weighted by Gasteiger charge is 2.15. The molecule has 1 N–H and O–H groups in total. The molecule has 0 aliphatic rings. The largest absolute Gasteiger partial charge is 0.477 e. The van der Waals surface area contributed by atoms with Crippen LogP contribution in [0.5, 0.6) is 5.88 Å². The van der Waals surface area contributed by atoms with Crippen LogP contribution in [-0.2, 0) is 6.54 Å². The van der Waals surface area contributed by atoms with Crippen LogP contribution in [0.2, 0.25) is 0 Å². The van der Waals surface area contributed by atoms with E-state index >= 15 is 0 Å². The first-order valence-electron chi connectivity index (χ1n) is 10.1. The highest BCUT2D eigenvalue weighted by atomic mass is 16.5. The fraction of sp³-hybridized carbons (Fsp3) is 0.217. The van der Waals surface area contributed by atoms with Crippen molar-refractivity contribution in [3.8, 4) is 5.88 Å². The molecule has 0 bridgehead atoms. The second kappa shape index (κ2) is 7.81. The second-order valence-corrected chi connectivity index (χ2v) is 7.35. The Morgan fingerprint density at radius 3 is 2.65 bits per heavy atom. The molecule has 3 heterocycles. The number of para-hydroxylation sites is 2. The van der Waals surface area contributed by atoms with Crippen molar-refractivity contribution in [3.63, 3.8) is 0 Å². The number of rotatable bonds is 6. The SMILES string of the molecule is Cc1cc2n(Cc3nc(OCCCO)c4ccccc4n3)c(=O)c3ccccc3n2n1. The average Bonchev–Trinajstić information content (AvgIpc) is 3.18. The van der Waals surface area contributed by atoms with E-state index in [1.54, 1.807) is 15.1 Å². The summed E-state index contributed by atoms with van der Waals surface area (Å²) in [5.41, 5.74) is 2.88. The molecule has 8 nitrogen and oxygen atoms in total. The van der Waals surface area contributed by atoms with Crippen molar-refractivity contribution < 1.29 is 9.84 Å². The molecule has 8 heteroatoms. The maximum Gasteiger partial charge on any atom is 0.262 e. The summed E-state index contributed by atoms with van der Waals surface area (Å²) in [6.45, 7) is 2.47. The molecule has 0 fully saturated rings. The van der Waals surface area contributed by atoms with Crippen molar-refractivity contribution in [3.05, 3.63) is 76.5 Å². The fourth-order valence-corrected chi connectivity index (χ4v) is 3.75. The van der Waals surface area contributed by atoms with Gasteiger partial charge in [0.1, 0.15) is 5.65 Å². The molecule has 0 atom stereocenters. The minimum atomic E-state index is -0.123. The number of nitrogens with zero attached hydrogens (tertiary/aromatic N) is 5. The fourth-order valence-electron chi connectivity index (χ4n) is 3.75. The van der Waals surface area contributed by atoms with Gasteiger partial charge in [-0.25, -0.2) is 9.50 Å². The summed E-state index contributed by atoms with van der Waals surface area (Å²) in [5, 5.41) is 15.0. The number of hydrogen-bond acceptors (Lipinski definition) is 6. The summed E-state index contributed by atoms with van der Waals surface area (Å²) in [7, 11) is 0. The minimum Gasteiger partial charge on any atom is -0.477 e. The molecule has 5 rings (SSSR count). The molecule has 156 valence electrons. The van der Waals surface area contributed by atoms with Gasteiger partial charge >= 0.3 is 0 Å². The molecule has 0 aliphatic heterocycles. The average molecular weight is 415 g/mol. The van der Waals surface area contributed by atoms with E-state index in [-0.39, 0.29) is 18.7 Å². The van der Waals surface area contributed by atoms with Crippen LogP contribution in [0, 0.1) is 6.92 Å². The third-order valence-corrected chi connectivity index (χ3v) is 5.15. The maximum absolute atomic E-state index is 13.3. The van der Waals surface area contributed by atoms with Gasteiger partial charge in [-0.05, 0) is 31.2 Å². The molecular formula is C23H21N5O3. The number of aliphatic hydroxyl groups is 1. The molecule has 5 aromatic rings. The van der Waals surface area contributed by atoms with E-state index in [2.05, 4.69) is 15.1 Å². The van der Waals surface area contributed by atoms with Crippen molar-refractivity contribution in [2.24, 2.45) is 0 Å². The van der Waals surface area contributed by atoms with Gasteiger partial charge in [0.15, 0.2) is 5.82 Å². The quantitative estimate of drug-likeness (QED) is 0.429. The van der Waals surface area contributed by atoms with Gasteiger partial charge in [-0.15, -0.1) is 0 Å². The molecular weight excluding hydrogens is 394 g/mol. The van der Waals surface area contributed by atoms with E-state index in [0.717, 1.165) is 22.1 Å². The van der Waals surface area contributed by atoms with E-state index in [4.69, 9.17) is 9.84 Å². The van der Waals surface area contributed by atoms with Crippen LogP contribution >= 0.6 is 0 Å². The number of aryl methyl sites for hydroxylation is 1. The van der Waals surface area contributed by atoms with Crippen molar-refractivity contribution in [1.82, 2.24) is 24.1 Å². The van der Waals surface area contributed by atoms with Crippen molar-refractivity contribution in [2.45, 2.75) is 19.9 Å². The Bertz CT molecular complexity index is 1470. The summed E-state index contributed by atoms with van der Waals surface area (Å²) < 4.78 is 9.24. The van der Waals surface area contributed by atoms with Crippen molar-refractivity contribution in [1.29, 1.82) is 0 Å². The summed E-state index contributed by atoms with van der Waals surface area (Å²) >= 11 is 0. The summed E-state index contributed by atoms with van der Waals surface area (Å²) in [6.07, 6.45) is 0.507. The third-order valence-electron chi connectivity index (χ3n) is 5.15. The first kappa shape index (κ1) is 19.2. The van der Waals surface area contributed by atoms with Gasteiger partial charge < -0.3 is 9.84 Å². The smallest absolute Gasteiger partial charge is 0.262 e. The lowest BCUT2D eigenvalue weighted by Gasteiger charge is -2.13. The second-order valence-electron chi connectivity index (χ2n) is 7.35. The zero-order valence-electron chi connectivity index (χ0n) is 17.0. The van der Waals surface area contributed by atoms with Crippen LogP contribution in [0.15, 0.2) is 59.4 Å². The monoisotopic (exact) mass is 415 g/mol. The number of hydrogen-bond donors (Lipinski definition) is 1. The molecule has 0 aliphatic carbocycles. The minimum absolute atomic E-state index is 0.0426. The van der Waals surface area contributed by atoms with Gasteiger partial charge in [0, 0.05) is 19.1 Å². The standard InChI is InChI=1S/C23H21N5O3/c1-15-13-21-27(23(30)17-8-3-5-10-19(17)28(21)26-15)14-20-24-18-9-4-2-7-16(18)22(25-20)31-12-6-11-29/h2-5,7-10,13,29H,6,11-12,14H2,1H3. The highest BCUT2D eigenvalue weighted by molar-refractivity contribution is 5.83. The lowest BCUT2D eigenvalue weighted by atomic mass is 10.2. The Hall–Kier alpha value is -3.78. The van der Waals surface area contributed by atoms with Crippen LogP contribution in [0.1, 0.15) is 17.9 Å². The van der Waals surface area contributed by atoms with Gasteiger partial charge in [0.05, 0.1) is 40.7 Å². The van der Waals surface area contributed by atoms with Gasteiger partial charge in [0.2, 0.25) is 5.88 Å². The van der Waals surface area contributed by atoms with Crippen LogP contribution < -0.4 is 10.3 Å². The number of benzene rings is 2. The predicted octanol–water partition coefficient (Wildman–Crippen LogP) is 2.71. The van der Waals surface area contributed by atoms with Gasteiger partial charge in [0.25, 0.3) is 5.56 Å². The molecule has 0 radical (unpaired) electrons. The van der Waals surface area contributed by atoms with Gasteiger partial charge in [-0.1, -0.05) is 24.3 Å². The third kappa shape index (κ3) is 3.40. The van der Waals surface area contributed by atoms with Gasteiger partial charge in [-0.2, -0.15) is 10.1 Å². The Morgan fingerprint density at radius 2 is 1.81 bits per heavy atom. The number of aromatic nitrogens is 5. The topological polar surface area (TPSA) is 94.5 Å². The Morgan fingerprint density at radius 1 is 1.03 bits per heavy atom. The van der Waals surface area contributed by atoms with E-state index in [9.17, 15) is 4.79 Å². The normalized spacial score (nSPS) is 11.5. The zero-order valence-corrected chi connectivity index (χ0v) is 17.0. The zero-order chi connectivity index (χ0) is 21.4. The van der Waals surface area contributed by atoms with Gasteiger partial charge in [-0.3, -0.25) is 9.36 Å². The maximum atomic E-state index is 13.3. The van der Waals surface area contributed by atoms with E-state index in [1.165, 1.54) is 0 Å². The molecule has 0 saturated heterocycles. The number of fused-ring (bicyclic) bond motifs is 4. The predicted molar refractivity (Wildman–Crippen MR) is 118 cm³/mol. The Labute approximate surface area is 177 Å². The highest BCUT2D eigenvalue weighted by Crippen LogP contribution is 2.23. The number of aliphatic hydroxyl groups excluding tert-OH is 1. The number of ether oxygens (including phenoxy) is 1. The van der Waals surface area contributed by atoms with E-state index in [0.29, 0.717) is 35.8 Å². The summed E-state index contributed by atoms with van der Waals surface area (Å²) in [5.74, 6) is 0.916. The molecule has 0 unspecified atom stereocenters. The Balaban J connectivity index is 1.67. The van der Waals surface area contributed by atoms with Crippen LogP contribution in [-0.4, -0.2) is 42.5 Å². The van der Waals surface area contributed by atoms with E-state index < -0.39 is 0 Å². The molecule has 2 aromatic carbocycles. The van der Waals surface area contributed by atoms with Crippen LogP contribution in [0.25, 0.3) is 27.5 Å². The van der Waals surface area contributed by atoms with E-state index in [1.807, 2.05) is 55.5 Å². The summed E-state index contributed by atoms with van der Waals surface area (Å²) in [4.78, 5) is 22.6. The molecule has 0 saturated carbocycles. The molecule has 31 heavy (non-hydrogen) atoms. The first-order chi connectivity index (χ1) is 15.2. The van der Waals surface area contributed by atoms with Crippen molar-refractivity contribution >= 4 is 27.5 Å². The first-order valence-corrected chi connectivity index (χ1v) is 10.1. The van der Waals surface area contributed by atoms with Crippen molar-refractivity contribution in [2.75, 3.05) is 13.2 Å². The lowest BCUT2D eigenvalue weighted by molar-refractivity contribution is 0.230.